The molecule has 8 nitrogen and oxygen atoms in total. The smallest absolute Gasteiger partial charge is 0.326 e. The summed E-state index contributed by atoms with van der Waals surface area (Å²) in [6.45, 7) is 0. The van der Waals surface area contributed by atoms with Crippen LogP contribution in [0.15, 0.2) is 12.2 Å². The third-order valence-electron chi connectivity index (χ3n) is 4.04. The second-order valence-corrected chi connectivity index (χ2v) is 5.34. The maximum atomic E-state index is 12.2. The molecule has 0 spiro atoms. The first kappa shape index (κ1) is 15.0. The Morgan fingerprint density at radius 3 is 2.10 bits per heavy atom. The van der Waals surface area contributed by atoms with Crippen LogP contribution in [0.5, 0.6) is 0 Å². The molecule has 5 unspecified atom stereocenters. The van der Waals surface area contributed by atoms with Gasteiger partial charge in [-0.05, 0) is 18.3 Å². The van der Waals surface area contributed by atoms with Crippen LogP contribution in [0.4, 0.5) is 0 Å². The van der Waals surface area contributed by atoms with Gasteiger partial charge in [0.05, 0.1) is 18.3 Å². The molecule has 1 saturated carbocycles. The van der Waals surface area contributed by atoms with Crippen molar-refractivity contribution in [3.05, 3.63) is 12.2 Å². The number of carbonyl (C=O) groups excluding carboxylic acids is 1. The van der Waals surface area contributed by atoms with Gasteiger partial charge in [0.15, 0.2) is 0 Å². The first-order valence-corrected chi connectivity index (χ1v) is 6.47. The summed E-state index contributed by atoms with van der Waals surface area (Å²) in [5, 5.41) is 28.9. The zero-order valence-corrected chi connectivity index (χ0v) is 10.9. The molecule has 0 aromatic carbocycles. The molecule has 114 valence electrons. The van der Waals surface area contributed by atoms with Gasteiger partial charge in [-0.3, -0.25) is 14.4 Å². The van der Waals surface area contributed by atoms with E-state index < -0.39 is 48.1 Å². The lowest BCUT2D eigenvalue weighted by atomic mass is 9.82. The van der Waals surface area contributed by atoms with E-state index in [0.717, 1.165) is 0 Å². The summed E-state index contributed by atoms with van der Waals surface area (Å²) >= 11 is 0. The number of nitrogens with one attached hydrogen (secondary N) is 1. The fraction of sp³-hybridized carbons (Fsp3) is 0.538. The molecule has 0 aromatic heterocycles. The first-order valence-electron chi connectivity index (χ1n) is 6.47. The predicted molar refractivity (Wildman–Crippen MR) is 67.2 cm³/mol. The van der Waals surface area contributed by atoms with Gasteiger partial charge in [0.25, 0.3) is 0 Å². The van der Waals surface area contributed by atoms with Gasteiger partial charge < -0.3 is 20.6 Å². The highest BCUT2D eigenvalue weighted by molar-refractivity contribution is 5.91. The normalized spacial score (nSPS) is 30.9. The summed E-state index contributed by atoms with van der Waals surface area (Å²) < 4.78 is 0. The highest BCUT2D eigenvalue weighted by Gasteiger charge is 2.52. The van der Waals surface area contributed by atoms with Crippen molar-refractivity contribution in [2.24, 2.45) is 23.7 Å². The van der Waals surface area contributed by atoms with Gasteiger partial charge in [-0.15, -0.1) is 0 Å². The van der Waals surface area contributed by atoms with Gasteiger partial charge in [-0.1, -0.05) is 12.2 Å². The van der Waals surface area contributed by atoms with Crippen LogP contribution in [-0.4, -0.2) is 45.2 Å². The zero-order valence-electron chi connectivity index (χ0n) is 10.9. The van der Waals surface area contributed by atoms with Gasteiger partial charge in [-0.25, -0.2) is 4.79 Å². The predicted octanol–water partition coefficient (Wildman–Crippen LogP) is -0.447. The van der Waals surface area contributed by atoms with Crippen molar-refractivity contribution in [2.75, 3.05) is 0 Å². The van der Waals surface area contributed by atoms with E-state index in [-0.39, 0.29) is 11.8 Å². The van der Waals surface area contributed by atoms with Gasteiger partial charge >= 0.3 is 17.9 Å². The minimum atomic E-state index is -1.56. The molecule has 0 saturated heterocycles. The van der Waals surface area contributed by atoms with E-state index in [9.17, 15) is 24.3 Å². The minimum absolute atomic E-state index is 0.231. The van der Waals surface area contributed by atoms with Crippen LogP contribution in [0.3, 0.4) is 0 Å². The van der Waals surface area contributed by atoms with Crippen LogP contribution >= 0.6 is 0 Å². The van der Waals surface area contributed by atoms with E-state index in [0.29, 0.717) is 6.42 Å². The molecule has 8 heteroatoms. The molecule has 2 rings (SSSR count). The summed E-state index contributed by atoms with van der Waals surface area (Å²) in [5.41, 5.74) is 0. The number of amides is 1. The van der Waals surface area contributed by atoms with Gasteiger partial charge in [0.2, 0.25) is 5.91 Å². The van der Waals surface area contributed by atoms with Crippen molar-refractivity contribution in [2.45, 2.75) is 18.9 Å². The van der Waals surface area contributed by atoms with Crippen molar-refractivity contribution >= 4 is 23.8 Å². The molecule has 1 amide bonds. The van der Waals surface area contributed by atoms with E-state index in [1.807, 2.05) is 0 Å². The molecule has 4 N–H and O–H groups in total. The Balaban J connectivity index is 2.11. The number of fused-ring (bicyclic) bond motifs is 2. The van der Waals surface area contributed by atoms with Gasteiger partial charge in [-0.2, -0.15) is 0 Å². The highest BCUT2D eigenvalue weighted by Crippen LogP contribution is 2.48. The van der Waals surface area contributed by atoms with Crippen molar-refractivity contribution in [3.8, 4) is 0 Å². The maximum absolute atomic E-state index is 12.2. The number of carboxylic acid groups (broad SMARTS) is 3. The molecular weight excluding hydrogens is 282 g/mol. The first-order chi connectivity index (χ1) is 9.81. The zero-order chi connectivity index (χ0) is 15.7. The lowest BCUT2D eigenvalue weighted by Gasteiger charge is -2.25. The van der Waals surface area contributed by atoms with Crippen LogP contribution in [0.2, 0.25) is 0 Å². The van der Waals surface area contributed by atoms with Crippen LogP contribution in [0.1, 0.15) is 12.8 Å². The fourth-order valence-corrected chi connectivity index (χ4v) is 3.16. The van der Waals surface area contributed by atoms with Gasteiger partial charge in [0, 0.05) is 0 Å². The maximum Gasteiger partial charge on any atom is 0.326 e. The molecule has 2 bridgehead atoms. The summed E-state index contributed by atoms with van der Waals surface area (Å²) in [4.78, 5) is 45.0. The third kappa shape index (κ3) is 2.88. The quantitative estimate of drug-likeness (QED) is 0.487. The second-order valence-electron chi connectivity index (χ2n) is 5.34. The molecule has 5 atom stereocenters. The lowest BCUT2D eigenvalue weighted by Crippen LogP contribution is -2.48. The van der Waals surface area contributed by atoms with Crippen molar-refractivity contribution in [3.63, 3.8) is 0 Å². The molecule has 0 radical (unpaired) electrons. The van der Waals surface area contributed by atoms with Crippen LogP contribution in [0, 0.1) is 23.7 Å². The van der Waals surface area contributed by atoms with E-state index in [1.165, 1.54) is 0 Å². The van der Waals surface area contributed by atoms with E-state index in [1.54, 1.807) is 12.2 Å². The molecule has 0 aliphatic heterocycles. The van der Waals surface area contributed by atoms with Crippen LogP contribution in [0.25, 0.3) is 0 Å². The standard InChI is InChI=1S/C13H15NO7/c15-8(16)4-7(12(18)19)14-11(17)9-5-1-2-6(3-5)10(9)13(20)21/h1-2,5-7,9-10H,3-4H2,(H,14,17)(H,15,16)(H,18,19)(H,20,21). The Labute approximate surface area is 119 Å². The number of aliphatic carboxylic acids is 3. The van der Waals surface area contributed by atoms with Gasteiger partial charge in [0.1, 0.15) is 6.04 Å². The largest absolute Gasteiger partial charge is 0.481 e. The molecule has 1 fully saturated rings. The Hall–Kier alpha value is -2.38. The van der Waals surface area contributed by atoms with E-state index >= 15 is 0 Å². The minimum Gasteiger partial charge on any atom is -0.481 e. The lowest BCUT2D eigenvalue weighted by molar-refractivity contribution is -0.150. The topological polar surface area (TPSA) is 141 Å². The van der Waals surface area contributed by atoms with E-state index in [2.05, 4.69) is 5.32 Å². The number of hydrogen-bond acceptors (Lipinski definition) is 4. The van der Waals surface area contributed by atoms with Crippen LogP contribution in [-0.2, 0) is 19.2 Å². The number of rotatable bonds is 6. The Morgan fingerprint density at radius 1 is 1.05 bits per heavy atom. The number of carbonyl (C=O) groups is 4. The Kier molecular flexibility index (Phi) is 3.97. The number of hydrogen-bond donors (Lipinski definition) is 4. The number of carboxylic acids is 3. The van der Waals surface area contributed by atoms with Crippen molar-refractivity contribution in [1.29, 1.82) is 0 Å². The Bertz CT molecular complexity index is 527. The molecule has 2 aliphatic rings. The fourth-order valence-electron chi connectivity index (χ4n) is 3.16. The summed E-state index contributed by atoms with van der Waals surface area (Å²) in [5.74, 6) is -6.85. The third-order valence-corrected chi connectivity index (χ3v) is 4.04. The Morgan fingerprint density at radius 2 is 1.62 bits per heavy atom. The molecular formula is C13H15NO7. The average molecular weight is 297 g/mol. The average Bonchev–Trinajstić information content (AvgIpc) is 2.96. The number of allylic oxidation sites excluding steroid dienone is 2. The second kappa shape index (κ2) is 5.55. The summed E-state index contributed by atoms with van der Waals surface area (Å²) in [6, 6.07) is -1.56. The molecule has 0 heterocycles. The summed E-state index contributed by atoms with van der Waals surface area (Å²) in [6.07, 6.45) is 3.32. The highest BCUT2D eigenvalue weighted by atomic mass is 16.4. The van der Waals surface area contributed by atoms with Crippen molar-refractivity contribution < 1.29 is 34.5 Å². The van der Waals surface area contributed by atoms with Crippen LogP contribution < -0.4 is 5.32 Å². The molecule has 2 aliphatic carbocycles. The molecule has 0 aromatic rings. The molecule has 21 heavy (non-hydrogen) atoms. The van der Waals surface area contributed by atoms with Crippen molar-refractivity contribution in [1.82, 2.24) is 5.32 Å². The summed E-state index contributed by atoms with van der Waals surface area (Å²) in [7, 11) is 0. The monoisotopic (exact) mass is 297 g/mol. The SMILES string of the molecule is O=C(O)CC(NC(=O)C1C2C=CC(C2)C1C(=O)O)C(=O)O. The van der Waals surface area contributed by atoms with E-state index in [4.69, 9.17) is 10.2 Å².